The standard InChI is InChI=1S/C25H50O2/c1-6-9-12-15-16-19-22-25(20-17-13-10-7-2,21-18-14-11-8-3)24(26)27-23(4)5/h23H,6-22H2,1-5H3. The Labute approximate surface area is 171 Å². The van der Waals surface area contributed by atoms with E-state index in [2.05, 4.69) is 20.8 Å². The summed E-state index contributed by atoms with van der Waals surface area (Å²) in [4.78, 5) is 13.1. The van der Waals surface area contributed by atoms with Gasteiger partial charge >= 0.3 is 5.97 Å². The third-order valence-corrected chi connectivity index (χ3v) is 5.80. The molecule has 0 aromatic carbocycles. The Bertz CT molecular complexity index is 323. The van der Waals surface area contributed by atoms with Gasteiger partial charge in [-0.3, -0.25) is 4.79 Å². The molecule has 0 heterocycles. The zero-order chi connectivity index (χ0) is 20.4. The van der Waals surface area contributed by atoms with Gasteiger partial charge in [0.2, 0.25) is 0 Å². The van der Waals surface area contributed by atoms with Crippen molar-refractivity contribution < 1.29 is 9.53 Å². The van der Waals surface area contributed by atoms with Gasteiger partial charge in [-0.05, 0) is 33.1 Å². The number of hydrogen-bond donors (Lipinski definition) is 0. The maximum Gasteiger partial charge on any atom is 0.312 e. The van der Waals surface area contributed by atoms with Crippen molar-refractivity contribution in [3.05, 3.63) is 0 Å². The van der Waals surface area contributed by atoms with Crippen LogP contribution in [0, 0.1) is 5.41 Å². The highest BCUT2D eigenvalue weighted by atomic mass is 16.5. The fraction of sp³-hybridized carbons (Fsp3) is 0.960. The maximum absolute atomic E-state index is 13.1. The Morgan fingerprint density at radius 3 is 1.33 bits per heavy atom. The Morgan fingerprint density at radius 2 is 0.963 bits per heavy atom. The molecule has 0 rings (SSSR count). The number of hydrogen-bond acceptors (Lipinski definition) is 2. The van der Waals surface area contributed by atoms with Crippen LogP contribution in [0.3, 0.4) is 0 Å². The SMILES string of the molecule is CCCCCCCCC(CCCCCC)(CCCCCC)C(=O)OC(C)C. The lowest BCUT2D eigenvalue weighted by atomic mass is 9.74. The summed E-state index contributed by atoms with van der Waals surface area (Å²) < 4.78 is 5.79. The van der Waals surface area contributed by atoms with Gasteiger partial charge < -0.3 is 4.74 Å². The summed E-state index contributed by atoms with van der Waals surface area (Å²) in [5.41, 5.74) is -0.226. The van der Waals surface area contributed by atoms with Crippen LogP contribution < -0.4 is 0 Å². The van der Waals surface area contributed by atoms with Crippen molar-refractivity contribution in [1.29, 1.82) is 0 Å². The van der Waals surface area contributed by atoms with Gasteiger partial charge in [0.25, 0.3) is 0 Å². The molecule has 0 aliphatic rings. The van der Waals surface area contributed by atoms with Crippen LogP contribution in [0.25, 0.3) is 0 Å². The molecule has 0 radical (unpaired) electrons. The van der Waals surface area contributed by atoms with Crippen molar-refractivity contribution >= 4 is 5.97 Å². The predicted molar refractivity (Wildman–Crippen MR) is 119 cm³/mol. The molecular weight excluding hydrogens is 332 g/mol. The third kappa shape index (κ3) is 13.3. The maximum atomic E-state index is 13.1. The summed E-state index contributed by atoms with van der Waals surface area (Å²) in [5.74, 6) is 0.0963. The molecule has 0 spiro atoms. The molecule has 0 bridgehead atoms. The summed E-state index contributed by atoms with van der Waals surface area (Å²) in [7, 11) is 0. The molecule has 0 saturated heterocycles. The fourth-order valence-electron chi connectivity index (χ4n) is 4.04. The van der Waals surface area contributed by atoms with Crippen LogP contribution in [-0.4, -0.2) is 12.1 Å². The number of unbranched alkanes of at least 4 members (excludes halogenated alkanes) is 11. The second-order valence-corrected chi connectivity index (χ2v) is 8.87. The van der Waals surface area contributed by atoms with Crippen LogP contribution in [0.4, 0.5) is 0 Å². The number of ether oxygens (including phenoxy) is 1. The minimum atomic E-state index is -0.226. The smallest absolute Gasteiger partial charge is 0.312 e. The summed E-state index contributed by atoms with van der Waals surface area (Å²) >= 11 is 0. The van der Waals surface area contributed by atoms with E-state index in [4.69, 9.17) is 4.74 Å². The first-order valence-electron chi connectivity index (χ1n) is 12.2. The number of rotatable bonds is 19. The summed E-state index contributed by atoms with van der Waals surface area (Å²) in [6.07, 6.45) is 20.7. The zero-order valence-corrected chi connectivity index (χ0v) is 19.4. The summed E-state index contributed by atoms with van der Waals surface area (Å²) in [6, 6.07) is 0. The lowest BCUT2D eigenvalue weighted by Crippen LogP contribution is -2.35. The molecule has 0 aromatic heterocycles. The normalized spacial score (nSPS) is 11.9. The van der Waals surface area contributed by atoms with Crippen molar-refractivity contribution in [3.8, 4) is 0 Å². The highest BCUT2D eigenvalue weighted by molar-refractivity contribution is 5.77. The van der Waals surface area contributed by atoms with Crippen LogP contribution in [0.2, 0.25) is 0 Å². The molecule has 0 aromatic rings. The molecular formula is C25H50O2. The van der Waals surface area contributed by atoms with Gasteiger partial charge in [0, 0.05) is 0 Å². The monoisotopic (exact) mass is 382 g/mol. The van der Waals surface area contributed by atoms with Crippen molar-refractivity contribution in [3.63, 3.8) is 0 Å². The quantitative estimate of drug-likeness (QED) is 0.165. The molecule has 0 atom stereocenters. The van der Waals surface area contributed by atoms with E-state index >= 15 is 0 Å². The van der Waals surface area contributed by atoms with Crippen LogP contribution in [0.15, 0.2) is 0 Å². The zero-order valence-electron chi connectivity index (χ0n) is 19.4. The molecule has 0 saturated carbocycles. The molecule has 27 heavy (non-hydrogen) atoms. The van der Waals surface area contributed by atoms with Gasteiger partial charge in [-0.15, -0.1) is 0 Å². The van der Waals surface area contributed by atoms with Crippen LogP contribution in [0.5, 0.6) is 0 Å². The number of esters is 1. The topological polar surface area (TPSA) is 26.3 Å². The second kappa shape index (κ2) is 17.6. The minimum Gasteiger partial charge on any atom is -0.463 e. The van der Waals surface area contributed by atoms with E-state index in [1.54, 1.807) is 0 Å². The van der Waals surface area contributed by atoms with Crippen LogP contribution >= 0.6 is 0 Å². The van der Waals surface area contributed by atoms with E-state index in [0.29, 0.717) is 0 Å². The van der Waals surface area contributed by atoms with E-state index in [1.807, 2.05) is 13.8 Å². The Morgan fingerprint density at radius 1 is 0.630 bits per heavy atom. The average molecular weight is 383 g/mol. The van der Waals surface area contributed by atoms with Crippen molar-refractivity contribution in [2.45, 2.75) is 150 Å². The predicted octanol–water partition coefficient (Wildman–Crippen LogP) is 8.62. The Balaban J connectivity index is 4.90. The van der Waals surface area contributed by atoms with E-state index < -0.39 is 0 Å². The average Bonchev–Trinajstić information content (AvgIpc) is 2.64. The van der Waals surface area contributed by atoms with Crippen LogP contribution in [-0.2, 0) is 9.53 Å². The molecule has 0 amide bonds. The number of carbonyl (C=O) groups is 1. The molecule has 0 fully saturated rings. The van der Waals surface area contributed by atoms with Gasteiger partial charge in [-0.2, -0.15) is 0 Å². The largest absolute Gasteiger partial charge is 0.463 e. The first kappa shape index (κ1) is 26.5. The Kier molecular flexibility index (Phi) is 17.2. The summed E-state index contributed by atoms with van der Waals surface area (Å²) in [5, 5.41) is 0. The molecule has 0 N–H and O–H groups in total. The number of carbonyl (C=O) groups excluding carboxylic acids is 1. The van der Waals surface area contributed by atoms with Crippen molar-refractivity contribution in [2.75, 3.05) is 0 Å². The molecule has 162 valence electrons. The van der Waals surface area contributed by atoms with Gasteiger partial charge in [0.1, 0.15) is 0 Å². The van der Waals surface area contributed by atoms with E-state index in [-0.39, 0.29) is 17.5 Å². The summed E-state index contributed by atoms with van der Waals surface area (Å²) in [6.45, 7) is 10.7. The van der Waals surface area contributed by atoms with Crippen molar-refractivity contribution in [2.24, 2.45) is 5.41 Å². The second-order valence-electron chi connectivity index (χ2n) is 8.87. The minimum absolute atomic E-state index is 0.00675. The first-order chi connectivity index (χ1) is 13.0. The van der Waals surface area contributed by atoms with Gasteiger partial charge in [-0.1, -0.05) is 111 Å². The Hall–Kier alpha value is -0.530. The van der Waals surface area contributed by atoms with Gasteiger partial charge in [0.15, 0.2) is 0 Å². The van der Waals surface area contributed by atoms with Gasteiger partial charge in [0.05, 0.1) is 11.5 Å². The van der Waals surface area contributed by atoms with E-state index in [9.17, 15) is 4.79 Å². The van der Waals surface area contributed by atoms with Gasteiger partial charge in [-0.25, -0.2) is 0 Å². The highest BCUT2D eigenvalue weighted by Crippen LogP contribution is 2.39. The van der Waals surface area contributed by atoms with E-state index in [1.165, 1.54) is 89.9 Å². The molecule has 0 unspecified atom stereocenters. The van der Waals surface area contributed by atoms with Crippen molar-refractivity contribution in [1.82, 2.24) is 0 Å². The lowest BCUT2D eigenvalue weighted by molar-refractivity contribution is -0.162. The lowest BCUT2D eigenvalue weighted by Gasteiger charge is -2.33. The fourth-order valence-corrected chi connectivity index (χ4v) is 4.04. The highest BCUT2D eigenvalue weighted by Gasteiger charge is 2.38. The first-order valence-corrected chi connectivity index (χ1v) is 12.2. The third-order valence-electron chi connectivity index (χ3n) is 5.80. The molecule has 0 aliphatic heterocycles. The van der Waals surface area contributed by atoms with E-state index in [0.717, 1.165) is 19.3 Å². The molecule has 2 nitrogen and oxygen atoms in total. The van der Waals surface area contributed by atoms with Crippen LogP contribution in [0.1, 0.15) is 144 Å². The molecule has 2 heteroatoms. The molecule has 0 aliphatic carbocycles.